The second-order valence-corrected chi connectivity index (χ2v) is 7.38. The summed E-state index contributed by atoms with van der Waals surface area (Å²) < 4.78 is 0.959. The van der Waals surface area contributed by atoms with Gasteiger partial charge in [0.05, 0.1) is 4.88 Å². The largest absolute Gasteiger partial charge is 0.361 e. The van der Waals surface area contributed by atoms with Gasteiger partial charge in [0.2, 0.25) is 0 Å². The molecule has 122 valence electrons. The van der Waals surface area contributed by atoms with Gasteiger partial charge >= 0.3 is 0 Å². The van der Waals surface area contributed by atoms with Crippen LogP contribution in [0.25, 0.3) is 0 Å². The van der Waals surface area contributed by atoms with Crippen LogP contribution in [0.15, 0.2) is 28.1 Å². The molecule has 0 saturated carbocycles. The summed E-state index contributed by atoms with van der Waals surface area (Å²) in [5.41, 5.74) is 0. The minimum Gasteiger partial charge on any atom is -0.361 e. The van der Waals surface area contributed by atoms with Crippen LogP contribution in [0, 0.1) is 0 Å². The lowest BCUT2D eigenvalue weighted by Crippen LogP contribution is -2.49. The molecule has 0 radical (unpaired) electrons. The number of piperazine rings is 1. The number of carbonyl (C=O) groups is 1. The molecule has 1 amide bonds. The summed E-state index contributed by atoms with van der Waals surface area (Å²) in [5, 5.41) is 10.4. The van der Waals surface area contributed by atoms with Gasteiger partial charge in [-0.1, -0.05) is 0 Å². The third-order valence-electron chi connectivity index (χ3n) is 3.76. The van der Waals surface area contributed by atoms with Crippen LogP contribution in [0.1, 0.15) is 9.67 Å². The number of aromatic nitrogens is 2. The SMILES string of the molecule is CN(C)c1ccc(N2CCN(C(=O)c3cc(Br)cs3)CC2)nn1. The number of halogens is 1. The monoisotopic (exact) mass is 395 g/mol. The van der Waals surface area contributed by atoms with Gasteiger partial charge in [0.1, 0.15) is 0 Å². The molecule has 6 nitrogen and oxygen atoms in total. The van der Waals surface area contributed by atoms with Gasteiger partial charge in [0, 0.05) is 50.1 Å². The molecule has 8 heteroatoms. The summed E-state index contributed by atoms with van der Waals surface area (Å²) >= 11 is 4.87. The van der Waals surface area contributed by atoms with Crippen molar-refractivity contribution in [3.05, 3.63) is 32.9 Å². The van der Waals surface area contributed by atoms with Crippen molar-refractivity contribution in [2.75, 3.05) is 50.1 Å². The Hall–Kier alpha value is -1.67. The standard InChI is InChI=1S/C15H18BrN5OS/c1-19(2)13-3-4-14(18-17-13)20-5-7-21(8-6-20)15(22)12-9-11(16)10-23-12/h3-4,9-10H,5-8H2,1-2H3. The molecule has 0 bridgehead atoms. The van der Waals surface area contributed by atoms with Crippen molar-refractivity contribution in [2.24, 2.45) is 0 Å². The van der Waals surface area contributed by atoms with E-state index < -0.39 is 0 Å². The number of hydrogen-bond donors (Lipinski definition) is 0. The van der Waals surface area contributed by atoms with Crippen LogP contribution in [-0.4, -0.2) is 61.3 Å². The smallest absolute Gasteiger partial charge is 0.264 e. The number of amides is 1. The molecule has 0 aromatic carbocycles. The normalized spacial score (nSPS) is 14.9. The maximum atomic E-state index is 12.4. The van der Waals surface area contributed by atoms with Crippen LogP contribution in [-0.2, 0) is 0 Å². The Kier molecular flexibility index (Phi) is 4.82. The summed E-state index contributed by atoms with van der Waals surface area (Å²) in [7, 11) is 3.88. The number of anilines is 2. The number of rotatable bonds is 3. The molecule has 1 aliphatic heterocycles. The van der Waals surface area contributed by atoms with Crippen LogP contribution >= 0.6 is 27.3 Å². The highest BCUT2D eigenvalue weighted by molar-refractivity contribution is 9.10. The van der Waals surface area contributed by atoms with Crippen LogP contribution < -0.4 is 9.80 Å². The topological polar surface area (TPSA) is 52.6 Å². The van der Waals surface area contributed by atoms with Gasteiger partial charge in [0.25, 0.3) is 5.91 Å². The highest BCUT2D eigenvalue weighted by Crippen LogP contribution is 2.22. The van der Waals surface area contributed by atoms with E-state index in [1.54, 1.807) is 0 Å². The molecule has 1 saturated heterocycles. The van der Waals surface area contributed by atoms with Crippen molar-refractivity contribution in [3.63, 3.8) is 0 Å². The van der Waals surface area contributed by atoms with E-state index in [-0.39, 0.29) is 5.91 Å². The van der Waals surface area contributed by atoms with Crippen LogP contribution in [0.5, 0.6) is 0 Å². The molecule has 1 fully saturated rings. The Morgan fingerprint density at radius 1 is 1.22 bits per heavy atom. The first-order valence-corrected chi connectivity index (χ1v) is 9.01. The Balaban J connectivity index is 1.60. The zero-order valence-corrected chi connectivity index (χ0v) is 15.5. The first kappa shape index (κ1) is 16.2. The molecule has 0 atom stereocenters. The zero-order valence-electron chi connectivity index (χ0n) is 13.1. The summed E-state index contributed by atoms with van der Waals surface area (Å²) in [6.07, 6.45) is 0. The maximum Gasteiger partial charge on any atom is 0.264 e. The molecule has 0 N–H and O–H groups in total. The molecule has 0 aliphatic carbocycles. The minimum atomic E-state index is 0.106. The molecule has 2 aromatic rings. The van der Waals surface area contributed by atoms with E-state index in [0.29, 0.717) is 13.1 Å². The second kappa shape index (κ2) is 6.84. The average Bonchev–Trinajstić information content (AvgIpc) is 3.01. The highest BCUT2D eigenvalue weighted by Gasteiger charge is 2.24. The fourth-order valence-corrected chi connectivity index (χ4v) is 3.84. The average molecular weight is 396 g/mol. The molecule has 23 heavy (non-hydrogen) atoms. The summed E-state index contributed by atoms with van der Waals surface area (Å²) in [5.74, 6) is 1.81. The van der Waals surface area contributed by atoms with Gasteiger partial charge in [-0.05, 0) is 34.1 Å². The van der Waals surface area contributed by atoms with Gasteiger partial charge < -0.3 is 14.7 Å². The Morgan fingerprint density at radius 3 is 2.48 bits per heavy atom. The zero-order chi connectivity index (χ0) is 16.4. The van der Waals surface area contributed by atoms with E-state index >= 15 is 0 Å². The van der Waals surface area contributed by atoms with Crippen molar-refractivity contribution in [1.82, 2.24) is 15.1 Å². The highest BCUT2D eigenvalue weighted by atomic mass is 79.9. The number of carbonyl (C=O) groups excluding carboxylic acids is 1. The van der Waals surface area contributed by atoms with Crippen molar-refractivity contribution in [3.8, 4) is 0 Å². The fraction of sp³-hybridized carbons (Fsp3) is 0.400. The lowest BCUT2D eigenvalue weighted by atomic mass is 10.3. The van der Waals surface area contributed by atoms with Gasteiger partial charge in [-0.2, -0.15) is 0 Å². The lowest BCUT2D eigenvalue weighted by molar-refractivity contribution is 0.0751. The fourth-order valence-electron chi connectivity index (χ4n) is 2.45. The first-order valence-electron chi connectivity index (χ1n) is 7.34. The summed E-state index contributed by atoms with van der Waals surface area (Å²) in [4.78, 5) is 19.2. The van der Waals surface area contributed by atoms with E-state index in [2.05, 4.69) is 31.0 Å². The molecule has 3 heterocycles. The predicted octanol–water partition coefficient (Wildman–Crippen LogP) is 2.33. The van der Waals surface area contributed by atoms with E-state index in [1.165, 1.54) is 11.3 Å². The van der Waals surface area contributed by atoms with Gasteiger partial charge in [-0.25, -0.2) is 0 Å². The minimum absolute atomic E-state index is 0.106. The van der Waals surface area contributed by atoms with Crippen LogP contribution in [0.4, 0.5) is 11.6 Å². The van der Waals surface area contributed by atoms with E-state index in [1.807, 2.05) is 47.5 Å². The molecule has 2 aromatic heterocycles. The van der Waals surface area contributed by atoms with E-state index in [9.17, 15) is 4.79 Å². The summed E-state index contributed by atoms with van der Waals surface area (Å²) in [6, 6.07) is 5.82. The summed E-state index contributed by atoms with van der Waals surface area (Å²) in [6.45, 7) is 2.94. The molecule has 0 unspecified atom stereocenters. The Bertz CT molecular complexity index is 679. The molecule has 0 spiro atoms. The Labute approximate surface area is 147 Å². The third kappa shape index (κ3) is 3.64. The number of nitrogens with zero attached hydrogens (tertiary/aromatic N) is 5. The lowest BCUT2D eigenvalue weighted by Gasteiger charge is -2.35. The molecule has 1 aliphatic rings. The Morgan fingerprint density at radius 2 is 1.96 bits per heavy atom. The van der Waals surface area contributed by atoms with Crippen LogP contribution in [0.3, 0.4) is 0 Å². The third-order valence-corrected chi connectivity index (χ3v) is 5.44. The number of hydrogen-bond acceptors (Lipinski definition) is 6. The molecular formula is C15H18BrN5OS. The van der Waals surface area contributed by atoms with Crippen molar-refractivity contribution in [2.45, 2.75) is 0 Å². The van der Waals surface area contributed by atoms with Crippen molar-refractivity contribution >= 4 is 44.8 Å². The number of thiophene rings is 1. The van der Waals surface area contributed by atoms with Gasteiger partial charge in [0.15, 0.2) is 11.6 Å². The van der Waals surface area contributed by atoms with E-state index in [0.717, 1.165) is 34.1 Å². The van der Waals surface area contributed by atoms with Crippen molar-refractivity contribution in [1.29, 1.82) is 0 Å². The quantitative estimate of drug-likeness (QED) is 0.797. The molecular weight excluding hydrogens is 378 g/mol. The van der Waals surface area contributed by atoms with Gasteiger partial charge in [-0.3, -0.25) is 4.79 Å². The van der Waals surface area contributed by atoms with E-state index in [4.69, 9.17) is 0 Å². The second-order valence-electron chi connectivity index (χ2n) is 5.55. The first-order chi connectivity index (χ1) is 11.0. The maximum absolute atomic E-state index is 12.4. The van der Waals surface area contributed by atoms with Crippen molar-refractivity contribution < 1.29 is 4.79 Å². The van der Waals surface area contributed by atoms with Gasteiger partial charge in [-0.15, -0.1) is 21.5 Å². The predicted molar refractivity (Wildman–Crippen MR) is 96.5 cm³/mol. The molecule has 3 rings (SSSR count). The van der Waals surface area contributed by atoms with Crippen LogP contribution in [0.2, 0.25) is 0 Å².